The van der Waals surface area contributed by atoms with Crippen LogP contribution in [0.15, 0.2) is 42.6 Å². The molecule has 0 aliphatic carbocycles. The van der Waals surface area contributed by atoms with Crippen molar-refractivity contribution in [2.75, 3.05) is 20.3 Å². The molecule has 2 aromatic carbocycles. The van der Waals surface area contributed by atoms with Crippen LogP contribution in [0.5, 0.6) is 0 Å². The SMILES string of the molecule is CCc1cc2c(cc1CC)C(Cc1c[nH]c3ccccc13)N(C(=O)COC)CC2. The van der Waals surface area contributed by atoms with Crippen molar-refractivity contribution in [2.24, 2.45) is 0 Å². The zero-order valence-electron chi connectivity index (χ0n) is 17.6. The first-order chi connectivity index (χ1) is 14.2. The lowest BCUT2D eigenvalue weighted by molar-refractivity contribution is -0.138. The molecule has 1 aromatic heterocycles. The number of aromatic nitrogens is 1. The van der Waals surface area contributed by atoms with Gasteiger partial charge in [0.1, 0.15) is 6.61 Å². The van der Waals surface area contributed by atoms with E-state index in [-0.39, 0.29) is 18.6 Å². The van der Waals surface area contributed by atoms with Crippen molar-refractivity contribution in [1.29, 1.82) is 0 Å². The number of hydrogen-bond donors (Lipinski definition) is 1. The van der Waals surface area contributed by atoms with Crippen molar-refractivity contribution in [1.82, 2.24) is 9.88 Å². The minimum atomic E-state index is 0.0387. The van der Waals surface area contributed by atoms with Gasteiger partial charge in [0.05, 0.1) is 6.04 Å². The number of rotatable bonds is 6. The van der Waals surface area contributed by atoms with Crippen LogP contribution in [0.3, 0.4) is 0 Å². The van der Waals surface area contributed by atoms with Crippen LogP contribution in [-0.4, -0.2) is 36.1 Å². The van der Waals surface area contributed by atoms with Crippen LogP contribution in [0.25, 0.3) is 10.9 Å². The number of hydrogen-bond acceptors (Lipinski definition) is 2. The van der Waals surface area contributed by atoms with E-state index in [0.717, 1.165) is 37.7 Å². The third kappa shape index (κ3) is 3.69. The van der Waals surface area contributed by atoms with Gasteiger partial charge in [-0.15, -0.1) is 0 Å². The maximum Gasteiger partial charge on any atom is 0.249 e. The van der Waals surface area contributed by atoms with Crippen LogP contribution in [0, 0.1) is 0 Å². The van der Waals surface area contributed by atoms with E-state index in [4.69, 9.17) is 4.74 Å². The third-order valence-electron chi connectivity index (χ3n) is 6.26. The van der Waals surface area contributed by atoms with E-state index in [1.54, 1.807) is 7.11 Å². The first-order valence-corrected chi connectivity index (χ1v) is 10.6. The van der Waals surface area contributed by atoms with Gasteiger partial charge in [0.15, 0.2) is 0 Å². The van der Waals surface area contributed by atoms with Crippen molar-refractivity contribution in [3.05, 3.63) is 70.4 Å². The Labute approximate surface area is 172 Å². The zero-order valence-corrected chi connectivity index (χ0v) is 17.6. The molecule has 0 saturated heterocycles. The summed E-state index contributed by atoms with van der Waals surface area (Å²) < 4.78 is 5.18. The molecule has 29 heavy (non-hydrogen) atoms. The summed E-state index contributed by atoms with van der Waals surface area (Å²) in [6.07, 6.45) is 5.88. The predicted molar refractivity (Wildman–Crippen MR) is 117 cm³/mol. The van der Waals surface area contributed by atoms with Crippen LogP contribution in [-0.2, 0) is 35.2 Å². The number of nitrogens with zero attached hydrogens (tertiary/aromatic N) is 1. The number of H-pyrrole nitrogens is 1. The number of ether oxygens (including phenoxy) is 1. The molecule has 3 aromatic rings. The summed E-state index contributed by atoms with van der Waals surface area (Å²) in [7, 11) is 1.59. The van der Waals surface area contributed by atoms with E-state index in [1.165, 1.54) is 33.2 Å². The smallest absolute Gasteiger partial charge is 0.249 e. The molecule has 4 heteroatoms. The summed E-state index contributed by atoms with van der Waals surface area (Å²) >= 11 is 0. The first-order valence-electron chi connectivity index (χ1n) is 10.6. The lowest BCUT2D eigenvalue weighted by Crippen LogP contribution is -2.42. The van der Waals surface area contributed by atoms with E-state index in [1.807, 2.05) is 11.0 Å². The number of benzene rings is 2. The molecule has 1 atom stereocenters. The Balaban J connectivity index is 1.78. The van der Waals surface area contributed by atoms with Gasteiger partial charge in [-0.2, -0.15) is 0 Å². The molecule has 0 spiro atoms. The number of aromatic amines is 1. The van der Waals surface area contributed by atoms with Gasteiger partial charge in [0.25, 0.3) is 0 Å². The quantitative estimate of drug-likeness (QED) is 0.668. The van der Waals surface area contributed by atoms with Gasteiger partial charge >= 0.3 is 0 Å². The average Bonchev–Trinajstić information content (AvgIpc) is 3.16. The standard InChI is InChI=1S/C25H30N2O2/c1-4-17-12-19-10-11-27(25(28)16-29-3)24(22(19)13-18(17)5-2)14-20-15-26-23-9-7-6-8-21(20)23/h6-9,12-13,15,24,26H,4-5,10-11,14,16H2,1-3H3. The normalized spacial score (nSPS) is 16.2. The molecule has 152 valence electrons. The highest BCUT2D eigenvalue weighted by Crippen LogP contribution is 2.36. The summed E-state index contributed by atoms with van der Waals surface area (Å²) in [6.45, 7) is 5.32. The summed E-state index contributed by atoms with van der Waals surface area (Å²) in [6, 6.07) is 13.2. The molecule has 4 rings (SSSR count). The number of methoxy groups -OCH3 is 1. The van der Waals surface area contributed by atoms with E-state index in [9.17, 15) is 4.79 Å². The van der Waals surface area contributed by atoms with E-state index in [2.05, 4.69) is 55.4 Å². The molecule has 0 fully saturated rings. The molecular weight excluding hydrogens is 360 g/mol. The second-order valence-corrected chi connectivity index (χ2v) is 7.88. The molecule has 0 radical (unpaired) electrons. The number of fused-ring (bicyclic) bond motifs is 2. The number of para-hydroxylation sites is 1. The minimum Gasteiger partial charge on any atom is -0.375 e. The maximum absolute atomic E-state index is 12.9. The summed E-state index contributed by atoms with van der Waals surface area (Å²) in [4.78, 5) is 18.3. The van der Waals surface area contributed by atoms with Gasteiger partial charge in [0, 0.05) is 30.8 Å². The van der Waals surface area contributed by atoms with Gasteiger partial charge in [-0.05, 0) is 59.6 Å². The van der Waals surface area contributed by atoms with Crippen LogP contribution in [0.1, 0.15) is 47.7 Å². The number of nitrogens with one attached hydrogen (secondary N) is 1. The Morgan fingerprint density at radius 1 is 1.14 bits per heavy atom. The highest BCUT2D eigenvalue weighted by atomic mass is 16.5. The van der Waals surface area contributed by atoms with E-state index >= 15 is 0 Å². The molecule has 1 aliphatic rings. The summed E-state index contributed by atoms with van der Waals surface area (Å²) in [5.41, 5.74) is 7.94. The molecule has 4 nitrogen and oxygen atoms in total. The largest absolute Gasteiger partial charge is 0.375 e. The molecular formula is C25H30N2O2. The highest BCUT2D eigenvalue weighted by Gasteiger charge is 2.32. The maximum atomic E-state index is 12.9. The fraction of sp³-hybridized carbons (Fsp3) is 0.400. The molecule has 2 heterocycles. The highest BCUT2D eigenvalue weighted by molar-refractivity contribution is 5.83. The summed E-state index contributed by atoms with van der Waals surface area (Å²) in [5.74, 6) is 0.0700. The Bertz CT molecular complexity index is 1020. The predicted octanol–water partition coefficient (Wildman–Crippen LogP) is 4.61. The fourth-order valence-corrected chi connectivity index (χ4v) is 4.74. The van der Waals surface area contributed by atoms with Crippen molar-refractivity contribution < 1.29 is 9.53 Å². The minimum absolute atomic E-state index is 0.0387. The van der Waals surface area contributed by atoms with Gasteiger partial charge in [-0.3, -0.25) is 4.79 Å². The van der Waals surface area contributed by atoms with Crippen molar-refractivity contribution >= 4 is 16.8 Å². The summed E-state index contributed by atoms with van der Waals surface area (Å²) in [5, 5.41) is 1.24. The van der Waals surface area contributed by atoms with Crippen molar-refractivity contribution in [3.8, 4) is 0 Å². The number of carbonyl (C=O) groups excluding carboxylic acids is 1. The molecule has 1 N–H and O–H groups in total. The molecule has 1 unspecified atom stereocenters. The number of carbonyl (C=O) groups is 1. The van der Waals surface area contributed by atoms with Gasteiger partial charge in [-0.1, -0.05) is 44.2 Å². The topological polar surface area (TPSA) is 45.3 Å². The molecule has 1 aliphatic heterocycles. The van der Waals surface area contributed by atoms with Crippen LogP contribution in [0.4, 0.5) is 0 Å². The van der Waals surface area contributed by atoms with E-state index in [0.29, 0.717) is 0 Å². The second-order valence-electron chi connectivity index (χ2n) is 7.88. The first kappa shape index (κ1) is 19.7. The zero-order chi connectivity index (χ0) is 20.4. The second kappa shape index (κ2) is 8.42. The van der Waals surface area contributed by atoms with Crippen LogP contribution in [0.2, 0.25) is 0 Å². The Morgan fingerprint density at radius 2 is 1.90 bits per heavy atom. The Hall–Kier alpha value is -2.59. The molecule has 1 amide bonds. The number of aryl methyl sites for hydroxylation is 2. The fourth-order valence-electron chi connectivity index (χ4n) is 4.74. The lowest BCUT2D eigenvalue weighted by Gasteiger charge is -2.38. The van der Waals surface area contributed by atoms with Gasteiger partial charge in [-0.25, -0.2) is 0 Å². The number of amides is 1. The molecule has 0 bridgehead atoms. The third-order valence-corrected chi connectivity index (χ3v) is 6.26. The Morgan fingerprint density at radius 3 is 2.66 bits per heavy atom. The van der Waals surface area contributed by atoms with Crippen molar-refractivity contribution in [3.63, 3.8) is 0 Å². The molecule has 0 saturated carbocycles. The monoisotopic (exact) mass is 390 g/mol. The van der Waals surface area contributed by atoms with E-state index < -0.39 is 0 Å². The van der Waals surface area contributed by atoms with Gasteiger partial charge < -0.3 is 14.6 Å². The lowest BCUT2D eigenvalue weighted by atomic mass is 9.84. The average molecular weight is 391 g/mol. The Kier molecular flexibility index (Phi) is 5.72. The van der Waals surface area contributed by atoms with Crippen molar-refractivity contribution in [2.45, 2.75) is 45.6 Å². The van der Waals surface area contributed by atoms with Crippen LogP contribution < -0.4 is 0 Å². The van der Waals surface area contributed by atoms with Gasteiger partial charge in [0.2, 0.25) is 5.91 Å². The van der Waals surface area contributed by atoms with Crippen LogP contribution >= 0.6 is 0 Å².